The van der Waals surface area contributed by atoms with Crippen molar-refractivity contribution in [2.24, 2.45) is 10.8 Å². The lowest BCUT2D eigenvalue weighted by Crippen LogP contribution is -2.44. The fourth-order valence-electron chi connectivity index (χ4n) is 3.89. The van der Waals surface area contributed by atoms with Gasteiger partial charge in [0, 0.05) is 6.04 Å². The van der Waals surface area contributed by atoms with Crippen LogP contribution in [-0.4, -0.2) is 12.6 Å². The zero-order chi connectivity index (χ0) is 13.6. The summed E-state index contributed by atoms with van der Waals surface area (Å²) in [6, 6.07) is 0.725. The van der Waals surface area contributed by atoms with Gasteiger partial charge in [-0.1, -0.05) is 40.2 Å². The maximum absolute atomic E-state index is 3.78. The van der Waals surface area contributed by atoms with Gasteiger partial charge < -0.3 is 5.32 Å². The van der Waals surface area contributed by atoms with Crippen molar-refractivity contribution in [2.45, 2.75) is 78.7 Å². The number of hydrogen-bond donors (Lipinski definition) is 1. The molecule has 0 amide bonds. The van der Waals surface area contributed by atoms with Gasteiger partial charge in [-0.25, -0.2) is 0 Å². The highest BCUT2D eigenvalue weighted by molar-refractivity contribution is 4.92. The molecule has 1 fully saturated rings. The smallest absolute Gasteiger partial charge is 0.00772 e. The third kappa shape index (κ3) is 6.04. The molecule has 1 aliphatic rings. The predicted molar refractivity (Wildman–Crippen MR) is 81.9 cm³/mol. The van der Waals surface area contributed by atoms with Gasteiger partial charge in [0.05, 0.1) is 0 Å². The van der Waals surface area contributed by atoms with Crippen molar-refractivity contribution < 1.29 is 0 Å². The van der Waals surface area contributed by atoms with E-state index in [1.54, 1.807) is 0 Å². The molecule has 0 atom stereocenters. The van der Waals surface area contributed by atoms with E-state index in [-0.39, 0.29) is 0 Å². The first kappa shape index (κ1) is 15.8. The largest absolute Gasteiger partial charge is 0.314 e. The molecule has 0 bridgehead atoms. The Morgan fingerprint density at radius 2 is 1.67 bits per heavy atom. The van der Waals surface area contributed by atoms with Crippen LogP contribution in [0.1, 0.15) is 72.6 Å². The third-order valence-corrected chi connectivity index (χ3v) is 4.07. The molecule has 0 aliphatic heterocycles. The molecule has 0 aromatic rings. The van der Waals surface area contributed by atoms with Gasteiger partial charge in [-0.05, 0) is 55.9 Å². The second kappa shape index (κ2) is 6.75. The highest BCUT2D eigenvalue weighted by atomic mass is 14.9. The Kier molecular flexibility index (Phi) is 5.91. The Morgan fingerprint density at radius 3 is 2.22 bits per heavy atom. The normalized spacial score (nSPS) is 22.9. The number of nitrogens with one attached hydrogen (secondary N) is 1. The number of hydrogen-bond acceptors (Lipinski definition) is 1. The van der Waals surface area contributed by atoms with Crippen molar-refractivity contribution in [3.05, 3.63) is 12.7 Å². The van der Waals surface area contributed by atoms with Crippen molar-refractivity contribution in [2.75, 3.05) is 6.54 Å². The lowest BCUT2D eigenvalue weighted by Gasteiger charge is -2.45. The van der Waals surface area contributed by atoms with Crippen molar-refractivity contribution >= 4 is 0 Å². The van der Waals surface area contributed by atoms with E-state index in [0.717, 1.165) is 6.04 Å². The topological polar surface area (TPSA) is 12.0 Å². The molecule has 0 spiro atoms. The molecule has 0 aromatic heterocycles. The summed E-state index contributed by atoms with van der Waals surface area (Å²) in [5.41, 5.74) is 1.00. The van der Waals surface area contributed by atoms with Gasteiger partial charge in [0.2, 0.25) is 0 Å². The predicted octanol–water partition coefficient (Wildman–Crippen LogP) is 4.93. The summed E-state index contributed by atoms with van der Waals surface area (Å²) >= 11 is 0. The Labute approximate surface area is 114 Å². The SMILES string of the molecule is C=CCCCCCNC1CC(C)(C)CC(C)(C)C1. The minimum absolute atomic E-state index is 0.502. The van der Waals surface area contributed by atoms with Crippen LogP contribution in [0.2, 0.25) is 0 Å². The maximum atomic E-state index is 3.78. The fourth-order valence-corrected chi connectivity index (χ4v) is 3.89. The number of allylic oxidation sites excluding steroid dienone is 1. The molecule has 0 heterocycles. The van der Waals surface area contributed by atoms with E-state index in [2.05, 4.69) is 39.6 Å². The molecular formula is C17H33N. The Bertz CT molecular complexity index is 236. The van der Waals surface area contributed by atoms with Crippen LogP contribution in [0.15, 0.2) is 12.7 Å². The summed E-state index contributed by atoms with van der Waals surface area (Å²) in [6.45, 7) is 14.6. The molecule has 1 aliphatic carbocycles. The maximum Gasteiger partial charge on any atom is 0.00772 e. The summed E-state index contributed by atoms with van der Waals surface area (Å²) < 4.78 is 0. The van der Waals surface area contributed by atoms with Gasteiger partial charge in [0.25, 0.3) is 0 Å². The van der Waals surface area contributed by atoms with Gasteiger partial charge in [-0.15, -0.1) is 6.58 Å². The van der Waals surface area contributed by atoms with Crippen molar-refractivity contribution in [3.8, 4) is 0 Å². The average Bonchev–Trinajstić information content (AvgIpc) is 2.18. The Hall–Kier alpha value is -0.300. The summed E-state index contributed by atoms with van der Waals surface area (Å²) in [5, 5.41) is 3.78. The van der Waals surface area contributed by atoms with Crippen LogP contribution in [0.25, 0.3) is 0 Å². The summed E-state index contributed by atoms with van der Waals surface area (Å²) in [7, 11) is 0. The first-order valence-corrected chi connectivity index (χ1v) is 7.69. The molecule has 0 aromatic carbocycles. The molecular weight excluding hydrogens is 218 g/mol. The monoisotopic (exact) mass is 251 g/mol. The Balaban J connectivity index is 2.23. The van der Waals surface area contributed by atoms with Gasteiger partial charge in [0.15, 0.2) is 0 Å². The van der Waals surface area contributed by atoms with Gasteiger partial charge >= 0.3 is 0 Å². The highest BCUT2D eigenvalue weighted by Gasteiger charge is 2.37. The zero-order valence-electron chi connectivity index (χ0n) is 13.0. The highest BCUT2D eigenvalue weighted by Crippen LogP contribution is 2.45. The first-order valence-electron chi connectivity index (χ1n) is 7.69. The molecule has 0 radical (unpaired) electrons. The van der Waals surface area contributed by atoms with E-state index in [1.165, 1.54) is 51.5 Å². The number of rotatable bonds is 7. The molecule has 18 heavy (non-hydrogen) atoms. The first-order chi connectivity index (χ1) is 8.35. The van der Waals surface area contributed by atoms with Crippen LogP contribution >= 0.6 is 0 Å². The summed E-state index contributed by atoms with van der Waals surface area (Å²) in [6.07, 6.45) is 11.2. The lowest BCUT2D eigenvalue weighted by atomic mass is 9.63. The second-order valence-corrected chi connectivity index (χ2v) is 7.70. The van der Waals surface area contributed by atoms with Crippen LogP contribution < -0.4 is 5.32 Å². The molecule has 1 saturated carbocycles. The van der Waals surface area contributed by atoms with E-state index in [9.17, 15) is 0 Å². The molecule has 1 nitrogen and oxygen atoms in total. The standard InChI is InChI=1S/C17H33N/c1-6-7-8-9-10-11-18-15-12-16(2,3)14-17(4,5)13-15/h6,15,18H,1,7-14H2,2-5H3. The molecule has 1 heteroatoms. The van der Waals surface area contributed by atoms with E-state index < -0.39 is 0 Å². The van der Waals surface area contributed by atoms with Crippen molar-refractivity contribution in [1.82, 2.24) is 5.32 Å². The fraction of sp³-hybridized carbons (Fsp3) is 0.882. The molecule has 0 unspecified atom stereocenters. The van der Waals surface area contributed by atoms with Gasteiger partial charge in [0.1, 0.15) is 0 Å². The van der Waals surface area contributed by atoms with Crippen molar-refractivity contribution in [1.29, 1.82) is 0 Å². The van der Waals surface area contributed by atoms with Crippen molar-refractivity contribution in [3.63, 3.8) is 0 Å². The van der Waals surface area contributed by atoms with Crippen LogP contribution in [0.5, 0.6) is 0 Å². The zero-order valence-corrected chi connectivity index (χ0v) is 13.0. The van der Waals surface area contributed by atoms with E-state index in [4.69, 9.17) is 0 Å². The summed E-state index contributed by atoms with van der Waals surface area (Å²) in [5.74, 6) is 0. The summed E-state index contributed by atoms with van der Waals surface area (Å²) in [4.78, 5) is 0. The minimum Gasteiger partial charge on any atom is -0.314 e. The van der Waals surface area contributed by atoms with Gasteiger partial charge in [-0.3, -0.25) is 0 Å². The quantitative estimate of drug-likeness (QED) is 0.500. The Morgan fingerprint density at radius 1 is 1.06 bits per heavy atom. The molecule has 0 saturated heterocycles. The van der Waals surface area contributed by atoms with E-state index in [1.807, 2.05) is 6.08 Å². The average molecular weight is 251 g/mol. The molecule has 106 valence electrons. The molecule has 1 rings (SSSR count). The molecule has 1 N–H and O–H groups in total. The van der Waals surface area contributed by atoms with Crippen LogP contribution in [-0.2, 0) is 0 Å². The van der Waals surface area contributed by atoms with Crippen LogP contribution in [0.4, 0.5) is 0 Å². The third-order valence-electron chi connectivity index (χ3n) is 4.07. The second-order valence-electron chi connectivity index (χ2n) is 7.70. The van der Waals surface area contributed by atoms with Crippen LogP contribution in [0.3, 0.4) is 0 Å². The van der Waals surface area contributed by atoms with E-state index >= 15 is 0 Å². The van der Waals surface area contributed by atoms with E-state index in [0.29, 0.717) is 10.8 Å². The minimum atomic E-state index is 0.502. The van der Waals surface area contributed by atoms with Gasteiger partial charge in [-0.2, -0.15) is 0 Å². The number of unbranched alkanes of at least 4 members (excludes halogenated alkanes) is 3. The van der Waals surface area contributed by atoms with Crippen LogP contribution in [0, 0.1) is 10.8 Å². The lowest BCUT2D eigenvalue weighted by molar-refractivity contribution is 0.0851.